The first-order chi connectivity index (χ1) is 8.33. The Kier molecular flexibility index (Phi) is 1.79. The molecule has 1 fully saturated rings. The molecule has 2 unspecified atom stereocenters. The Morgan fingerprint density at radius 3 is 3.24 bits per heavy atom. The van der Waals surface area contributed by atoms with Crippen molar-refractivity contribution in [2.75, 3.05) is 11.9 Å². The van der Waals surface area contributed by atoms with E-state index in [4.69, 9.17) is 5.10 Å². The van der Waals surface area contributed by atoms with Crippen LogP contribution in [0.3, 0.4) is 0 Å². The van der Waals surface area contributed by atoms with E-state index in [9.17, 15) is 0 Å². The quantitative estimate of drug-likeness (QED) is 0.753. The average molecular weight is 228 g/mol. The van der Waals surface area contributed by atoms with E-state index in [0.29, 0.717) is 6.04 Å². The first-order valence-electron chi connectivity index (χ1n) is 6.42. The summed E-state index contributed by atoms with van der Waals surface area (Å²) in [5.74, 6) is 1.94. The Labute approximate surface area is 100 Å². The third kappa shape index (κ3) is 1.24. The van der Waals surface area contributed by atoms with Crippen molar-refractivity contribution >= 4 is 16.9 Å². The summed E-state index contributed by atoms with van der Waals surface area (Å²) in [4.78, 5) is 4.52. The summed E-state index contributed by atoms with van der Waals surface area (Å²) in [5, 5.41) is 9.40. The molecule has 3 heterocycles. The molecule has 1 aliphatic heterocycles. The molecule has 2 aromatic heterocycles. The highest BCUT2D eigenvalue weighted by Crippen LogP contribution is 2.42. The van der Waals surface area contributed by atoms with Gasteiger partial charge in [-0.2, -0.15) is 5.10 Å². The van der Waals surface area contributed by atoms with E-state index in [-0.39, 0.29) is 0 Å². The van der Waals surface area contributed by atoms with Gasteiger partial charge >= 0.3 is 0 Å². The summed E-state index contributed by atoms with van der Waals surface area (Å²) in [5.41, 5.74) is 1.93. The van der Waals surface area contributed by atoms with E-state index in [1.807, 2.05) is 6.92 Å². The molecule has 4 heteroatoms. The monoisotopic (exact) mass is 228 g/mol. The second-order valence-electron chi connectivity index (χ2n) is 5.26. The fourth-order valence-corrected chi connectivity index (χ4v) is 3.30. The molecule has 1 N–H and O–H groups in total. The lowest BCUT2D eigenvalue weighted by molar-refractivity contribution is 0.349. The van der Waals surface area contributed by atoms with Crippen molar-refractivity contribution in [1.82, 2.24) is 14.8 Å². The molecule has 0 bridgehead atoms. The first-order valence-corrected chi connectivity index (χ1v) is 6.42. The standard InChI is InChI=1S/C13H16N4/c1-8-5-6-10-12(15-8)16-17-11-4-2-3-9(11)7-14-13(10)17/h5-6,9,11,14H,2-4,7H2,1H3. The van der Waals surface area contributed by atoms with Gasteiger partial charge in [-0.15, -0.1) is 0 Å². The minimum atomic E-state index is 0.598. The first kappa shape index (κ1) is 9.45. The van der Waals surface area contributed by atoms with Crippen LogP contribution in [0.25, 0.3) is 11.0 Å². The Hall–Kier alpha value is -1.58. The van der Waals surface area contributed by atoms with E-state index in [1.165, 1.54) is 30.5 Å². The minimum absolute atomic E-state index is 0.598. The fraction of sp³-hybridized carbons (Fsp3) is 0.538. The third-order valence-corrected chi connectivity index (χ3v) is 4.17. The van der Waals surface area contributed by atoms with Gasteiger partial charge in [-0.1, -0.05) is 6.42 Å². The number of hydrogen-bond donors (Lipinski definition) is 1. The van der Waals surface area contributed by atoms with Crippen LogP contribution in [-0.4, -0.2) is 21.3 Å². The van der Waals surface area contributed by atoms with E-state index >= 15 is 0 Å². The zero-order valence-electron chi connectivity index (χ0n) is 9.98. The highest BCUT2D eigenvalue weighted by atomic mass is 15.4. The summed E-state index contributed by atoms with van der Waals surface area (Å²) in [6, 6.07) is 4.80. The van der Waals surface area contributed by atoms with Gasteiger partial charge in [0.25, 0.3) is 0 Å². The van der Waals surface area contributed by atoms with Gasteiger partial charge in [0, 0.05) is 12.2 Å². The summed E-state index contributed by atoms with van der Waals surface area (Å²) >= 11 is 0. The highest BCUT2D eigenvalue weighted by Gasteiger charge is 2.35. The summed E-state index contributed by atoms with van der Waals surface area (Å²) in [7, 11) is 0. The molecule has 2 aliphatic rings. The zero-order chi connectivity index (χ0) is 11.4. The van der Waals surface area contributed by atoms with Gasteiger partial charge in [-0.05, 0) is 37.8 Å². The van der Waals surface area contributed by atoms with Crippen LogP contribution in [-0.2, 0) is 0 Å². The van der Waals surface area contributed by atoms with Crippen LogP contribution in [0.2, 0.25) is 0 Å². The zero-order valence-corrected chi connectivity index (χ0v) is 9.98. The van der Waals surface area contributed by atoms with Crippen LogP contribution in [0, 0.1) is 12.8 Å². The number of aryl methyl sites for hydroxylation is 1. The van der Waals surface area contributed by atoms with Crippen molar-refractivity contribution in [3.05, 3.63) is 17.8 Å². The number of nitrogens with zero attached hydrogens (tertiary/aromatic N) is 3. The van der Waals surface area contributed by atoms with Crippen molar-refractivity contribution in [2.45, 2.75) is 32.2 Å². The van der Waals surface area contributed by atoms with Crippen LogP contribution < -0.4 is 5.32 Å². The average Bonchev–Trinajstić information content (AvgIpc) is 2.90. The van der Waals surface area contributed by atoms with E-state index < -0.39 is 0 Å². The normalized spacial score (nSPS) is 26.6. The number of anilines is 1. The molecule has 4 rings (SSSR count). The summed E-state index contributed by atoms with van der Waals surface area (Å²) in [6.45, 7) is 3.11. The lowest BCUT2D eigenvalue weighted by Gasteiger charge is -2.28. The van der Waals surface area contributed by atoms with Gasteiger partial charge in [-0.3, -0.25) is 0 Å². The van der Waals surface area contributed by atoms with Crippen LogP contribution in [0.1, 0.15) is 31.0 Å². The second kappa shape index (κ2) is 3.22. The van der Waals surface area contributed by atoms with Crippen LogP contribution >= 0.6 is 0 Å². The number of pyridine rings is 1. The Balaban J connectivity index is 1.95. The fourth-order valence-electron chi connectivity index (χ4n) is 3.30. The predicted molar refractivity (Wildman–Crippen MR) is 67.1 cm³/mol. The maximum atomic E-state index is 4.70. The number of hydrogen-bond acceptors (Lipinski definition) is 3. The Morgan fingerprint density at radius 1 is 1.35 bits per heavy atom. The van der Waals surface area contributed by atoms with Crippen LogP contribution in [0.4, 0.5) is 5.82 Å². The molecule has 4 nitrogen and oxygen atoms in total. The molecule has 2 aromatic rings. The minimum Gasteiger partial charge on any atom is -0.369 e. The number of fused-ring (bicyclic) bond motifs is 5. The number of nitrogens with one attached hydrogen (secondary N) is 1. The van der Waals surface area contributed by atoms with Crippen LogP contribution in [0.5, 0.6) is 0 Å². The van der Waals surface area contributed by atoms with Crippen molar-refractivity contribution in [3.8, 4) is 0 Å². The van der Waals surface area contributed by atoms with Gasteiger partial charge in [0.2, 0.25) is 0 Å². The largest absolute Gasteiger partial charge is 0.369 e. The van der Waals surface area contributed by atoms with E-state index in [0.717, 1.165) is 23.8 Å². The summed E-state index contributed by atoms with van der Waals surface area (Å²) in [6.07, 6.45) is 3.94. The molecular formula is C13H16N4. The molecule has 17 heavy (non-hydrogen) atoms. The SMILES string of the molecule is Cc1ccc2c3n(nc2n1)C1CCCC1CN3. The molecule has 1 saturated carbocycles. The van der Waals surface area contributed by atoms with Crippen molar-refractivity contribution in [2.24, 2.45) is 5.92 Å². The van der Waals surface area contributed by atoms with Crippen LogP contribution in [0.15, 0.2) is 12.1 Å². The van der Waals surface area contributed by atoms with Crippen molar-refractivity contribution in [3.63, 3.8) is 0 Å². The van der Waals surface area contributed by atoms with Gasteiger partial charge in [-0.25, -0.2) is 9.67 Å². The molecule has 0 aromatic carbocycles. The molecule has 88 valence electrons. The molecule has 2 atom stereocenters. The van der Waals surface area contributed by atoms with Crippen molar-refractivity contribution in [1.29, 1.82) is 0 Å². The number of aromatic nitrogens is 3. The second-order valence-corrected chi connectivity index (χ2v) is 5.26. The van der Waals surface area contributed by atoms with Gasteiger partial charge in [0.15, 0.2) is 5.65 Å². The smallest absolute Gasteiger partial charge is 0.183 e. The van der Waals surface area contributed by atoms with Gasteiger partial charge < -0.3 is 5.32 Å². The maximum Gasteiger partial charge on any atom is 0.183 e. The predicted octanol–water partition coefficient (Wildman–Crippen LogP) is 2.51. The molecule has 0 saturated heterocycles. The Bertz CT molecular complexity index is 586. The topological polar surface area (TPSA) is 42.7 Å². The lowest BCUT2D eigenvalue weighted by Crippen LogP contribution is -2.29. The molecule has 0 radical (unpaired) electrons. The van der Waals surface area contributed by atoms with Gasteiger partial charge in [0.1, 0.15) is 5.82 Å². The third-order valence-electron chi connectivity index (χ3n) is 4.17. The van der Waals surface area contributed by atoms with Gasteiger partial charge in [0.05, 0.1) is 11.4 Å². The summed E-state index contributed by atoms with van der Waals surface area (Å²) < 4.78 is 2.19. The highest BCUT2D eigenvalue weighted by molar-refractivity contribution is 5.88. The molecule has 0 amide bonds. The molecule has 1 aliphatic carbocycles. The van der Waals surface area contributed by atoms with E-state index in [1.54, 1.807) is 0 Å². The maximum absolute atomic E-state index is 4.70. The van der Waals surface area contributed by atoms with Crippen molar-refractivity contribution < 1.29 is 0 Å². The Morgan fingerprint density at radius 2 is 2.29 bits per heavy atom. The van der Waals surface area contributed by atoms with E-state index in [2.05, 4.69) is 27.1 Å². The molecular weight excluding hydrogens is 212 g/mol. The molecule has 0 spiro atoms. The lowest BCUT2D eigenvalue weighted by atomic mass is 10.0. The number of rotatable bonds is 0.